The van der Waals surface area contributed by atoms with Crippen molar-refractivity contribution < 1.29 is 37.4 Å². The smallest absolute Gasteiger partial charge is 0.338 e. The molecule has 0 aromatic heterocycles. The quantitative estimate of drug-likeness (QED) is 0.164. The molecule has 0 aliphatic heterocycles. The molecule has 0 saturated heterocycles. The lowest BCUT2D eigenvalue weighted by atomic mass is 10.2. The first-order valence-electron chi connectivity index (χ1n) is 10.6. The molecule has 8 nitrogen and oxygen atoms in total. The van der Waals surface area contributed by atoms with Crippen LogP contribution in [0.15, 0.2) is 12.2 Å². The minimum atomic E-state index is -2.28. The number of carbonyl (C=O) groups is 2. The molecule has 182 valence electrons. The fourth-order valence-electron chi connectivity index (χ4n) is 2.60. The summed E-state index contributed by atoms with van der Waals surface area (Å²) < 4.78 is 30.0. The average molecular weight is 511 g/mol. The van der Waals surface area contributed by atoms with Gasteiger partial charge in [-0.05, 0) is 65.0 Å². The van der Waals surface area contributed by atoms with Crippen LogP contribution >= 0.6 is 0 Å². The van der Waals surface area contributed by atoms with Crippen LogP contribution in [0.25, 0.3) is 0 Å². The van der Waals surface area contributed by atoms with Crippen molar-refractivity contribution >= 4 is 47.1 Å². The normalized spacial score (nSPS) is 14.3. The van der Waals surface area contributed by atoms with Gasteiger partial charge in [0.1, 0.15) is 12.7 Å². The minimum Gasteiger partial charge on any atom is -0.463 e. The van der Waals surface area contributed by atoms with Crippen LogP contribution in [-0.2, 0) is 32.3 Å². The van der Waals surface area contributed by atoms with Crippen molar-refractivity contribution in [3.05, 3.63) is 12.2 Å². The maximum atomic E-state index is 13.0. The molecule has 1 unspecified atom stereocenters. The van der Waals surface area contributed by atoms with Crippen LogP contribution in [-0.4, -0.2) is 77.5 Å². The highest BCUT2D eigenvalue weighted by Crippen LogP contribution is 2.34. The third kappa shape index (κ3) is 12.9. The van der Waals surface area contributed by atoms with E-state index in [4.69, 9.17) is 27.9 Å². The Morgan fingerprint density at radius 3 is 1.81 bits per heavy atom. The second kappa shape index (κ2) is 12.0. The highest BCUT2D eigenvalue weighted by Gasteiger charge is 2.52. The van der Waals surface area contributed by atoms with E-state index in [1.54, 1.807) is 0 Å². The van der Waals surface area contributed by atoms with Gasteiger partial charge in [0.25, 0.3) is 0 Å². The number of esters is 2. The molecule has 0 spiro atoms. The van der Waals surface area contributed by atoms with E-state index >= 15 is 0 Å². The first-order valence-corrected chi connectivity index (χ1v) is 22.2. The number of rotatable bonds is 14. The molecule has 0 aromatic carbocycles. The summed E-state index contributed by atoms with van der Waals surface area (Å²) in [4.78, 5) is 24.8. The van der Waals surface area contributed by atoms with E-state index in [0.717, 1.165) is 10.2 Å². The van der Waals surface area contributed by atoms with Crippen LogP contribution < -0.4 is 0 Å². The van der Waals surface area contributed by atoms with E-state index in [0.29, 0.717) is 6.04 Å². The molecule has 0 aliphatic rings. The van der Waals surface area contributed by atoms with Gasteiger partial charge in [0, 0.05) is 15.8 Å². The summed E-state index contributed by atoms with van der Waals surface area (Å²) in [6.45, 7) is 21.4. The predicted molar refractivity (Wildman–Crippen MR) is 132 cm³/mol. The van der Waals surface area contributed by atoms with Crippen molar-refractivity contribution in [2.45, 2.75) is 83.5 Å². The molecule has 0 radical (unpaired) electrons. The SMILES string of the molecule is C=C(CC(=O)OCCO)C(=O)OC(O[Si](C)(C)C)(O[Si](C)(C)C)C(C[SiH3])O[Si](C)(C)C. The van der Waals surface area contributed by atoms with Gasteiger partial charge < -0.3 is 27.9 Å². The number of aliphatic hydroxyl groups excluding tert-OH is 1. The molecule has 0 saturated carbocycles. The maximum absolute atomic E-state index is 13.0. The first-order chi connectivity index (χ1) is 13.8. The Kier molecular flexibility index (Phi) is 11.8. The lowest BCUT2D eigenvalue weighted by molar-refractivity contribution is -0.327. The summed E-state index contributed by atoms with van der Waals surface area (Å²) in [7, 11) is -5.81. The molecule has 0 aliphatic carbocycles. The number of carbonyl (C=O) groups excluding carboxylic acids is 2. The largest absolute Gasteiger partial charge is 0.463 e. The lowest BCUT2D eigenvalue weighted by Gasteiger charge is -2.46. The predicted octanol–water partition coefficient (Wildman–Crippen LogP) is 2.37. The van der Waals surface area contributed by atoms with E-state index in [9.17, 15) is 9.59 Å². The topological polar surface area (TPSA) is 101 Å². The molecule has 0 amide bonds. The molecular formula is C19H42O8Si4. The summed E-state index contributed by atoms with van der Waals surface area (Å²) >= 11 is 0. The zero-order valence-electron chi connectivity index (χ0n) is 20.9. The van der Waals surface area contributed by atoms with Crippen LogP contribution in [0.2, 0.25) is 65.0 Å². The minimum absolute atomic E-state index is 0.0780. The summed E-state index contributed by atoms with van der Waals surface area (Å²) in [6.07, 6.45) is -0.933. The van der Waals surface area contributed by atoms with Crippen molar-refractivity contribution in [3.8, 4) is 0 Å². The van der Waals surface area contributed by atoms with Gasteiger partial charge in [-0.1, -0.05) is 6.58 Å². The summed E-state index contributed by atoms with van der Waals surface area (Å²) in [5.74, 6) is -3.17. The number of hydrogen-bond acceptors (Lipinski definition) is 8. The van der Waals surface area contributed by atoms with E-state index in [2.05, 4.69) is 26.2 Å². The second-order valence-electron chi connectivity index (χ2n) is 10.3. The van der Waals surface area contributed by atoms with Crippen molar-refractivity contribution in [2.75, 3.05) is 13.2 Å². The van der Waals surface area contributed by atoms with Crippen LogP contribution in [0.5, 0.6) is 0 Å². The fourth-order valence-corrected chi connectivity index (χ4v) is 6.99. The van der Waals surface area contributed by atoms with Gasteiger partial charge >= 0.3 is 17.9 Å². The van der Waals surface area contributed by atoms with Gasteiger partial charge in [-0.15, -0.1) is 0 Å². The van der Waals surface area contributed by atoms with Crippen LogP contribution in [0.3, 0.4) is 0 Å². The maximum Gasteiger partial charge on any atom is 0.338 e. The third-order valence-corrected chi connectivity index (χ3v) is 6.92. The van der Waals surface area contributed by atoms with Gasteiger partial charge in [0.2, 0.25) is 0 Å². The highest BCUT2D eigenvalue weighted by atomic mass is 28.4. The Morgan fingerprint density at radius 2 is 1.45 bits per heavy atom. The average Bonchev–Trinajstić information content (AvgIpc) is 2.53. The van der Waals surface area contributed by atoms with Crippen molar-refractivity contribution in [2.24, 2.45) is 0 Å². The van der Waals surface area contributed by atoms with E-state index in [1.165, 1.54) is 0 Å². The monoisotopic (exact) mass is 510 g/mol. The van der Waals surface area contributed by atoms with Crippen LogP contribution in [0.4, 0.5) is 0 Å². The molecule has 1 N–H and O–H groups in total. The summed E-state index contributed by atoms with van der Waals surface area (Å²) in [6, 6.07) is 0.636. The van der Waals surface area contributed by atoms with Crippen LogP contribution in [0.1, 0.15) is 6.42 Å². The molecule has 1 atom stereocenters. The zero-order valence-corrected chi connectivity index (χ0v) is 25.9. The second-order valence-corrected chi connectivity index (χ2v) is 24.4. The van der Waals surface area contributed by atoms with E-state index in [-0.39, 0.29) is 25.2 Å². The lowest BCUT2D eigenvalue weighted by Crippen LogP contribution is -2.61. The fraction of sp³-hybridized carbons (Fsp3) is 0.789. The molecule has 0 rings (SSSR count). The molecule has 31 heavy (non-hydrogen) atoms. The summed E-state index contributed by atoms with van der Waals surface area (Å²) in [5, 5.41) is 8.78. The molecule has 0 heterocycles. The number of hydrogen-bond donors (Lipinski definition) is 1. The summed E-state index contributed by atoms with van der Waals surface area (Å²) in [5.41, 5.74) is -0.0780. The van der Waals surface area contributed by atoms with Gasteiger partial charge in [-0.25, -0.2) is 4.79 Å². The van der Waals surface area contributed by atoms with Crippen molar-refractivity contribution in [3.63, 3.8) is 0 Å². The Morgan fingerprint density at radius 1 is 0.968 bits per heavy atom. The van der Waals surface area contributed by atoms with Crippen LogP contribution in [0, 0.1) is 0 Å². The van der Waals surface area contributed by atoms with E-state index < -0.39 is 49.0 Å². The van der Waals surface area contributed by atoms with Gasteiger partial charge in [0.15, 0.2) is 25.0 Å². The van der Waals surface area contributed by atoms with Gasteiger partial charge in [-0.2, -0.15) is 0 Å². The standard InChI is InChI=1S/C19H42O8Si4/c1-15(13-17(21)23-12-11-20)18(22)24-19(26-30(5,6)7,27-31(8,9)10)16(14-28)25-29(2,3)4/h16,20H,1,11-14H2,2-10,28H3. The molecule has 0 bridgehead atoms. The van der Waals surface area contributed by atoms with Gasteiger partial charge in [-0.3, -0.25) is 4.79 Å². The Labute approximate surface area is 193 Å². The molecule has 0 fully saturated rings. The van der Waals surface area contributed by atoms with Gasteiger partial charge in [0.05, 0.1) is 13.0 Å². The molecule has 0 aromatic rings. The Bertz CT molecular complexity index is 604. The molecule has 12 heteroatoms. The third-order valence-electron chi connectivity index (χ3n) is 3.39. The van der Waals surface area contributed by atoms with E-state index in [1.807, 2.05) is 39.3 Å². The van der Waals surface area contributed by atoms with Crippen molar-refractivity contribution in [1.82, 2.24) is 0 Å². The Hall–Kier alpha value is -0.612. The Balaban J connectivity index is 6.08. The highest BCUT2D eigenvalue weighted by molar-refractivity contribution is 6.71. The number of ether oxygens (including phenoxy) is 2. The number of aliphatic hydroxyl groups is 1. The van der Waals surface area contributed by atoms with Crippen molar-refractivity contribution in [1.29, 1.82) is 0 Å². The molecular weight excluding hydrogens is 469 g/mol. The zero-order chi connectivity index (χ0) is 24.7. The first kappa shape index (κ1) is 30.4.